The van der Waals surface area contributed by atoms with Gasteiger partial charge in [0, 0.05) is 14.1 Å². The van der Waals surface area contributed by atoms with Crippen LogP contribution in [0, 0.1) is 5.92 Å². The Morgan fingerprint density at radius 1 is 1.32 bits per heavy atom. The highest BCUT2D eigenvalue weighted by Gasteiger charge is 2.28. The van der Waals surface area contributed by atoms with Gasteiger partial charge in [-0.1, -0.05) is 13.8 Å². The molecule has 0 N–H and O–H groups in total. The fraction of sp³-hybridized carbons (Fsp3) is 0.429. The fourth-order valence-corrected chi connectivity index (χ4v) is 1.91. The maximum Gasteiger partial charge on any atom is 0.275 e. The van der Waals surface area contributed by atoms with E-state index >= 15 is 0 Å². The average molecular weight is 261 g/mol. The number of carbonyl (C=O) groups excluding carboxylic acids is 1. The number of likely N-dealkylation sites (N-methyl/N-ethyl adjacent to an activating group) is 1. The van der Waals surface area contributed by atoms with E-state index in [0.717, 1.165) is 11.4 Å². The van der Waals surface area contributed by atoms with Gasteiger partial charge in [0.2, 0.25) is 0 Å². The molecule has 2 aliphatic heterocycles. The molecule has 102 valence electrons. The van der Waals surface area contributed by atoms with Gasteiger partial charge < -0.3 is 9.64 Å². The van der Waals surface area contributed by atoms with Gasteiger partial charge in [-0.25, -0.2) is 5.01 Å². The summed E-state index contributed by atoms with van der Waals surface area (Å²) >= 11 is 0. The molecule has 0 fully saturated rings. The first-order valence-electron chi connectivity index (χ1n) is 6.28. The number of hydrogen-bond acceptors (Lipinski definition) is 4. The molecule has 0 aromatic heterocycles. The van der Waals surface area contributed by atoms with Crippen molar-refractivity contribution in [3.63, 3.8) is 0 Å². The van der Waals surface area contributed by atoms with Crippen LogP contribution in [0.3, 0.4) is 0 Å². The minimum Gasteiger partial charge on any atom is -0.447 e. The number of rotatable bonds is 2. The quantitative estimate of drug-likeness (QED) is 0.715. The van der Waals surface area contributed by atoms with Gasteiger partial charge in [-0.05, 0) is 25.0 Å². The summed E-state index contributed by atoms with van der Waals surface area (Å²) in [7, 11) is 3.59. The maximum absolute atomic E-state index is 12.0. The van der Waals surface area contributed by atoms with Crippen LogP contribution >= 0.6 is 0 Å². The lowest BCUT2D eigenvalue weighted by atomic mass is 10.00. The number of hydrazone groups is 1. The zero-order valence-electron chi connectivity index (χ0n) is 12.0. The topological polar surface area (TPSA) is 45.1 Å². The van der Waals surface area contributed by atoms with Gasteiger partial charge in [-0.15, -0.1) is 0 Å². The van der Waals surface area contributed by atoms with Gasteiger partial charge in [0.15, 0.2) is 5.88 Å². The van der Waals surface area contributed by atoms with E-state index in [2.05, 4.69) is 5.10 Å². The van der Waals surface area contributed by atoms with Gasteiger partial charge >= 0.3 is 0 Å². The molecule has 0 saturated heterocycles. The fourth-order valence-electron chi connectivity index (χ4n) is 1.91. The van der Waals surface area contributed by atoms with E-state index in [9.17, 15) is 4.79 Å². The summed E-state index contributed by atoms with van der Waals surface area (Å²) in [6.45, 7) is 6.01. The highest BCUT2D eigenvalue weighted by molar-refractivity contribution is 6.25. The molecule has 0 spiro atoms. The van der Waals surface area contributed by atoms with E-state index in [1.54, 1.807) is 25.5 Å². The summed E-state index contributed by atoms with van der Waals surface area (Å²) in [6, 6.07) is 0. The summed E-state index contributed by atoms with van der Waals surface area (Å²) in [5.74, 6) is 0.835. The lowest BCUT2D eigenvalue weighted by Gasteiger charge is -2.11. The summed E-state index contributed by atoms with van der Waals surface area (Å²) < 4.78 is 5.41. The Hall–Kier alpha value is -2.04. The first-order valence-corrected chi connectivity index (χ1v) is 6.28. The van der Waals surface area contributed by atoms with Crippen molar-refractivity contribution in [1.29, 1.82) is 0 Å². The second-order valence-electron chi connectivity index (χ2n) is 4.99. The van der Waals surface area contributed by atoms with Crippen LogP contribution in [-0.4, -0.2) is 35.6 Å². The minimum absolute atomic E-state index is 0.0779. The van der Waals surface area contributed by atoms with Crippen LogP contribution in [0.25, 0.3) is 0 Å². The van der Waals surface area contributed by atoms with Crippen LogP contribution in [-0.2, 0) is 9.53 Å². The first kappa shape index (κ1) is 13.4. The average Bonchev–Trinajstić information content (AvgIpc) is 2.82. The Labute approximate surface area is 113 Å². The largest absolute Gasteiger partial charge is 0.447 e. The van der Waals surface area contributed by atoms with Crippen LogP contribution in [0.5, 0.6) is 0 Å². The molecule has 0 radical (unpaired) electrons. The third kappa shape index (κ3) is 2.41. The van der Waals surface area contributed by atoms with E-state index in [1.807, 2.05) is 32.7 Å². The lowest BCUT2D eigenvalue weighted by Crippen LogP contribution is -2.18. The Morgan fingerprint density at radius 3 is 2.53 bits per heavy atom. The second-order valence-corrected chi connectivity index (χ2v) is 4.99. The summed E-state index contributed by atoms with van der Waals surface area (Å²) in [6.07, 6.45) is 5.27. The Morgan fingerprint density at radius 2 is 2.00 bits per heavy atom. The smallest absolute Gasteiger partial charge is 0.275 e. The number of nitrogens with zero attached hydrogens (tertiary/aromatic N) is 3. The molecule has 5 nitrogen and oxygen atoms in total. The molecule has 19 heavy (non-hydrogen) atoms. The van der Waals surface area contributed by atoms with Crippen molar-refractivity contribution in [2.45, 2.75) is 20.8 Å². The van der Waals surface area contributed by atoms with E-state index < -0.39 is 0 Å². The number of hydrogen-bond donors (Lipinski definition) is 0. The Bertz CT molecular complexity index is 527. The van der Waals surface area contributed by atoms with E-state index in [1.165, 1.54) is 5.01 Å². The van der Waals surface area contributed by atoms with Gasteiger partial charge in [0.05, 0.1) is 17.0 Å². The predicted octanol–water partition coefficient (Wildman–Crippen LogP) is 2.06. The normalized spacial score (nSPS) is 23.6. The summed E-state index contributed by atoms with van der Waals surface area (Å²) in [5.41, 5.74) is 2.47. The third-order valence-electron chi connectivity index (χ3n) is 3.21. The highest BCUT2D eigenvalue weighted by Crippen LogP contribution is 2.22. The third-order valence-corrected chi connectivity index (χ3v) is 3.21. The Balaban J connectivity index is 2.26. The van der Waals surface area contributed by atoms with E-state index in [-0.39, 0.29) is 11.8 Å². The maximum atomic E-state index is 12.0. The molecule has 0 saturated carbocycles. The molecule has 0 aromatic carbocycles. The van der Waals surface area contributed by atoms with Crippen LogP contribution < -0.4 is 0 Å². The summed E-state index contributed by atoms with van der Waals surface area (Å²) in [5, 5.41) is 5.64. The number of allylic oxidation sites excluding steroid dienone is 3. The molecule has 5 heteroatoms. The molecule has 0 unspecified atom stereocenters. The standard InChI is InChI=1S/C14H19N3O2/c1-9(2)13-11(14(18)17(5)15-13)6-7-12-16(4)10(3)8-19-12/h6-9H,1-5H3/b11-6+,12-7+. The van der Waals surface area contributed by atoms with Crippen molar-refractivity contribution in [3.05, 3.63) is 35.6 Å². The molecular weight excluding hydrogens is 242 g/mol. The number of carbonyl (C=O) groups is 1. The first-order chi connectivity index (χ1) is 8.91. The second kappa shape index (κ2) is 4.91. The van der Waals surface area contributed by atoms with Gasteiger partial charge in [-0.3, -0.25) is 4.79 Å². The molecule has 0 aliphatic carbocycles. The lowest BCUT2D eigenvalue weighted by molar-refractivity contribution is -0.124. The molecule has 2 heterocycles. The van der Waals surface area contributed by atoms with E-state index in [4.69, 9.17) is 4.74 Å². The number of amides is 1. The Kier molecular flexibility index (Phi) is 3.46. The van der Waals surface area contributed by atoms with Crippen molar-refractivity contribution in [2.24, 2.45) is 11.0 Å². The monoisotopic (exact) mass is 261 g/mol. The van der Waals surface area contributed by atoms with Crippen molar-refractivity contribution in [3.8, 4) is 0 Å². The molecule has 2 aliphatic rings. The van der Waals surface area contributed by atoms with Gasteiger partial charge in [-0.2, -0.15) is 5.10 Å². The molecular formula is C14H19N3O2. The van der Waals surface area contributed by atoms with Gasteiger partial charge in [0.25, 0.3) is 5.91 Å². The zero-order chi connectivity index (χ0) is 14.2. The molecule has 2 rings (SSSR count). The SMILES string of the molecule is CC1=CO/C(=C/C=C2/C(=O)N(C)N=C2C(C)C)N1C. The summed E-state index contributed by atoms with van der Waals surface area (Å²) in [4.78, 5) is 13.9. The van der Waals surface area contributed by atoms with Gasteiger partial charge in [0.1, 0.15) is 6.26 Å². The van der Waals surface area contributed by atoms with Crippen LogP contribution in [0.15, 0.2) is 40.7 Å². The van der Waals surface area contributed by atoms with Crippen LogP contribution in [0.4, 0.5) is 0 Å². The van der Waals surface area contributed by atoms with Crippen molar-refractivity contribution in [2.75, 3.05) is 14.1 Å². The molecule has 0 aromatic rings. The predicted molar refractivity (Wildman–Crippen MR) is 73.8 cm³/mol. The zero-order valence-corrected chi connectivity index (χ0v) is 12.0. The molecule has 1 amide bonds. The van der Waals surface area contributed by atoms with Crippen molar-refractivity contribution >= 4 is 11.6 Å². The molecule has 0 bridgehead atoms. The van der Waals surface area contributed by atoms with Crippen molar-refractivity contribution < 1.29 is 9.53 Å². The number of ether oxygens (including phenoxy) is 1. The minimum atomic E-state index is -0.0779. The van der Waals surface area contributed by atoms with Crippen molar-refractivity contribution in [1.82, 2.24) is 9.91 Å². The molecule has 0 atom stereocenters. The van der Waals surface area contributed by atoms with Crippen LogP contribution in [0.2, 0.25) is 0 Å². The van der Waals surface area contributed by atoms with Crippen LogP contribution in [0.1, 0.15) is 20.8 Å². The highest BCUT2D eigenvalue weighted by atomic mass is 16.5. The van der Waals surface area contributed by atoms with E-state index in [0.29, 0.717) is 11.5 Å².